The predicted octanol–water partition coefficient (Wildman–Crippen LogP) is 2.93. The molecule has 0 radical (unpaired) electrons. The summed E-state index contributed by atoms with van der Waals surface area (Å²) in [5, 5.41) is 15.4. The molecule has 0 unspecified atom stereocenters. The second-order valence-corrected chi connectivity index (χ2v) is 5.14. The lowest BCUT2D eigenvalue weighted by atomic mass is 10.2. The Morgan fingerprint density at radius 1 is 0.955 bits per heavy atom. The highest BCUT2D eigenvalue weighted by atomic mass is 79.9. The third kappa shape index (κ3) is 4.13. The van der Waals surface area contributed by atoms with Crippen LogP contribution in [0.15, 0.2) is 53.0 Å². The quantitative estimate of drug-likeness (QED) is 0.497. The van der Waals surface area contributed by atoms with Crippen LogP contribution >= 0.6 is 15.9 Å². The average molecular weight is 364 g/mol. The summed E-state index contributed by atoms with van der Waals surface area (Å²) in [5.41, 5.74) is 0.447. The van der Waals surface area contributed by atoms with Gasteiger partial charge in [-0.15, -0.1) is 0 Å². The molecule has 2 aromatic carbocycles. The largest absolute Gasteiger partial charge is 0.318 e. The molecule has 0 saturated heterocycles. The number of nitrogens with zero attached hydrogens (tertiary/aromatic N) is 1. The summed E-state index contributed by atoms with van der Waals surface area (Å²) in [6, 6.07) is 12.1. The number of rotatable bonds is 3. The van der Waals surface area contributed by atoms with Crippen LogP contribution in [-0.2, 0) is 9.59 Å². The first-order valence-corrected chi connectivity index (χ1v) is 6.87. The molecular formula is C14H10BrN3O4. The van der Waals surface area contributed by atoms with Crippen LogP contribution < -0.4 is 10.6 Å². The third-order valence-corrected chi connectivity index (χ3v) is 3.10. The molecule has 0 saturated carbocycles. The van der Waals surface area contributed by atoms with Gasteiger partial charge < -0.3 is 10.6 Å². The van der Waals surface area contributed by atoms with Crippen molar-refractivity contribution in [2.45, 2.75) is 0 Å². The van der Waals surface area contributed by atoms with Crippen molar-refractivity contribution < 1.29 is 14.5 Å². The number of benzene rings is 2. The second kappa shape index (κ2) is 6.81. The van der Waals surface area contributed by atoms with Crippen molar-refractivity contribution in [3.05, 3.63) is 63.1 Å². The van der Waals surface area contributed by atoms with Crippen molar-refractivity contribution in [2.75, 3.05) is 10.6 Å². The van der Waals surface area contributed by atoms with Crippen molar-refractivity contribution in [3.63, 3.8) is 0 Å². The van der Waals surface area contributed by atoms with Gasteiger partial charge in [-0.25, -0.2) is 0 Å². The van der Waals surface area contributed by atoms with E-state index in [0.29, 0.717) is 5.69 Å². The van der Waals surface area contributed by atoms with Gasteiger partial charge in [0.15, 0.2) is 0 Å². The van der Waals surface area contributed by atoms with Gasteiger partial charge in [-0.3, -0.25) is 19.7 Å². The first-order chi connectivity index (χ1) is 10.5. The Bertz CT molecular complexity index is 748. The van der Waals surface area contributed by atoms with E-state index >= 15 is 0 Å². The molecule has 2 amide bonds. The summed E-state index contributed by atoms with van der Waals surface area (Å²) < 4.78 is 0.754. The highest BCUT2D eigenvalue weighted by molar-refractivity contribution is 9.10. The Morgan fingerprint density at radius 3 is 2.05 bits per heavy atom. The molecule has 0 aliphatic carbocycles. The van der Waals surface area contributed by atoms with Gasteiger partial charge in [-0.2, -0.15) is 0 Å². The van der Waals surface area contributed by atoms with Crippen LogP contribution in [0.2, 0.25) is 0 Å². The molecule has 0 aliphatic heterocycles. The zero-order valence-electron chi connectivity index (χ0n) is 11.1. The molecule has 22 heavy (non-hydrogen) atoms. The van der Waals surface area contributed by atoms with Gasteiger partial charge in [0.05, 0.1) is 4.92 Å². The number of carbonyl (C=O) groups excluding carboxylic acids is 2. The molecule has 0 aliphatic rings. The van der Waals surface area contributed by atoms with E-state index in [-0.39, 0.29) is 11.4 Å². The molecule has 0 bridgehead atoms. The van der Waals surface area contributed by atoms with E-state index in [4.69, 9.17) is 0 Å². The summed E-state index contributed by atoms with van der Waals surface area (Å²) in [6.07, 6.45) is 0. The first-order valence-electron chi connectivity index (χ1n) is 6.08. The smallest absolute Gasteiger partial charge is 0.314 e. The molecule has 0 heterocycles. The Labute approximate surface area is 133 Å². The van der Waals surface area contributed by atoms with E-state index in [1.165, 1.54) is 24.3 Å². The molecule has 112 valence electrons. The van der Waals surface area contributed by atoms with Gasteiger partial charge in [0.2, 0.25) is 0 Å². The maximum absolute atomic E-state index is 11.8. The topological polar surface area (TPSA) is 101 Å². The lowest BCUT2D eigenvalue weighted by Gasteiger charge is -2.06. The number of amides is 2. The number of nitro groups is 1. The van der Waals surface area contributed by atoms with Crippen molar-refractivity contribution in [1.82, 2.24) is 0 Å². The van der Waals surface area contributed by atoms with Crippen molar-refractivity contribution in [3.8, 4) is 0 Å². The zero-order valence-corrected chi connectivity index (χ0v) is 12.7. The van der Waals surface area contributed by atoms with Gasteiger partial charge in [0, 0.05) is 28.0 Å². The van der Waals surface area contributed by atoms with Crippen LogP contribution in [0.25, 0.3) is 0 Å². The van der Waals surface area contributed by atoms with Gasteiger partial charge >= 0.3 is 11.8 Å². The Kier molecular flexibility index (Phi) is 4.84. The number of halogens is 1. The number of anilines is 2. The standard InChI is InChI=1S/C14H10BrN3O4/c15-9-3-1-4-10(7-9)16-13(19)14(20)17-11-5-2-6-12(8-11)18(21)22/h1-8H,(H,16,19)(H,17,20). The van der Waals surface area contributed by atoms with E-state index in [2.05, 4.69) is 26.6 Å². The van der Waals surface area contributed by atoms with Crippen molar-refractivity contribution >= 4 is 44.8 Å². The van der Waals surface area contributed by atoms with E-state index in [1.807, 2.05) is 0 Å². The molecular weight excluding hydrogens is 354 g/mol. The molecule has 0 spiro atoms. The van der Waals surface area contributed by atoms with Gasteiger partial charge in [0.1, 0.15) is 0 Å². The molecule has 8 heteroatoms. The van der Waals surface area contributed by atoms with Crippen molar-refractivity contribution in [2.24, 2.45) is 0 Å². The van der Waals surface area contributed by atoms with E-state index < -0.39 is 16.7 Å². The van der Waals surface area contributed by atoms with Gasteiger partial charge in [0.25, 0.3) is 5.69 Å². The maximum Gasteiger partial charge on any atom is 0.314 e. The summed E-state index contributed by atoms with van der Waals surface area (Å²) in [4.78, 5) is 33.6. The first kappa shape index (κ1) is 15.6. The van der Waals surface area contributed by atoms with Crippen LogP contribution in [0.1, 0.15) is 0 Å². The third-order valence-electron chi connectivity index (χ3n) is 2.60. The minimum absolute atomic E-state index is 0.170. The highest BCUT2D eigenvalue weighted by Gasteiger charge is 2.15. The SMILES string of the molecule is O=C(Nc1cccc(Br)c1)C(=O)Nc1cccc([N+](=O)[O-])c1. The summed E-state index contributed by atoms with van der Waals surface area (Å²) in [7, 11) is 0. The number of non-ortho nitro benzene ring substituents is 1. The molecule has 2 rings (SSSR count). The molecule has 2 aromatic rings. The fourth-order valence-electron chi connectivity index (χ4n) is 1.64. The number of nitro benzene ring substituents is 1. The highest BCUT2D eigenvalue weighted by Crippen LogP contribution is 2.18. The minimum atomic E-state index is -0.916. The lowest BCUT2D eigenvalue weighted by Crippen LogP contribution is -2.29. The molecule has 0 aromatic heterocycles. The predicted molar refractivity (Wildman–Crippen MR) is 84.5 cm³/mol. The van der Waals surface area contributed by atoms with Crippen LogP contribution in [0.5, 0.6) is 0 Å². The summed E-state index contributed by atoms with van der Waals surface area (Å²) in [5.74, 6) is -1.79. The number of hydrogen-bond donors (Lipinski definition) is 2. The second-order valence-electron chi connectivity index (χ2n) is 4.23. The Hall–Kier alpha value is -2.74. The lowest BCUT2D eigenvalue weighted by molar-refractivity contribution is -0.384. The maximum atomic E-state index is 11.8. The van der Waals surface area contributed by atoms with E-state index in [9.17, 15) is 19.7 Å². The fraction of sp³-hybridized carbons (Fsp3) is 0. The van der Waals surface area contributed by atoms with Crippen LogP contribution in [0, 0.1) is 10.1 Å². The van der Waals surface area contributed by atoms with E-state index in [1.54, 1.807) is 24.3 Å². The van der Waals surface area contributed by atoms with Crippen LogP contribution in [0.4, 0.5) is 17.1 Å². The summed E-state index contributed by atoms with van der Waals surface area (Å²) in [6.45, 7) is 0. The van der Waals surface area contributed by atoms with Crippen molar-refractivity contribution in [1.29, 1.82) is 0 Å². The molecule has 2 N–H and O–H groups in total. The van der Waals surface area contributed by atoms with Crippen LogP contribution in [-0.4, -0.2) is 16.7 Å². The van der Waals surface area contributed by atoms with E-state index in [0.717, 1.165) is 4.47 Å². The molecule has 0 atom stereocenters. The van der Waals surface area contributed by atoms with Gasteiger partial charge in [-0.1, -0.05) is 28.1 Å². The normalized spacial score (nSPS) is 9.86. The molecule has 7 nitrogen and oxygen atoms in total. The summed E-state index contributed by atoms with van der Waals surface area (Å²) >= 11 is 3.25. The number of hydrogen-bond acceptors (Lipinski definition) is 4. The minimum Gasteiger partial charge on any atom is -0.318 e. The number of nitrogens with one attached hydrogen (secondary N) is 2. The molecule has 0 fully saturated rings. The zero-order chi connectivity index (χ0) is 16.1. The Morgan fingerprint density at radius 2 is 1.50 bits per heavy atom. The van der Waals surface area contributed by atoms with Crippen LogP contribution in [0.3, 0.4) is 0 Å². The number of carbonyl (C=O) groups is 2. The Balaban J connectivity index is 2.04. The fourth-order valence-corrected chi connectivity index (χ4v) is 2.04. The van der Waals surface area contributed by atoms with Gasteiger partial charge in [-0.05, 0) is 24.3 Å². The average Bonchev–Trinajstić information content (AvgIpc) is 2.47. The monoisotopic (exact) mass is 363 g/mol.